The van der Waals surface area contributed by atoms with Crippen molar-refractivity contribution in [3.8, 4) is 17.6 Å². The average molecular weight is 502 g/mol. The number of aryl methyl sites for hydroxylation is 1. The predicted molar refractivity (Wildman–Crippen MR) is 139 cm³/mol. The molecule has 37 heavy (non-hydrogen) atoms. The summed E-state index contributed by atoms with van der Waals surface area (Å²) in [5.41, 5.74) is 8.99. The first kappa shape index (κ1) is 25.8. The van der Waals surface area contributed by atoms with Gasteiger partial charge in [0.2, 0.25) is 5.88 Å². The van der Waals surface area contributed by atoms with Crippen LogP contribution in [0.5, 0.6) is 11.5 Å². The summed E-state index contributed by atoms with van der Waals surface area (Å²) in [6.45, 7) is 5.84. The number of methoxy groups -OCH3 is 1. The van der Waals surface area contributed by atoms with Crippen LogP contribution in [0.15, 0.2) is 65.3 Å². The number of benzene rings is 2. The monoisotopic (exact) mass is 501 g/mol. The van der Waals surface area contributed by atoms with E-state index in [-0.39, 0.29) is 35.2 Å². The van der Waals surface area contributed by atoms with Crippen LogP contribution in [0, 0.1) is 16.7 Å². The fourth-order valence-electron chi connectivity index (χ4n) is 4.77. The molecule has 1 amide bonds. The van der Waals surface area contributed by atoms with Gasteiger partial charge in [0, 0.05) is 24.1 Å². The van der Waals surface area contributed by atoms with Crippen LogP contribution in [-0.4, -0.2) is 25.4 Å². The zero-order valence-corrected chi connectivity index (χ0v) is 21.5. The normalized spacial score (nSPS) is 18.5. The molecule has 1 aliphatic heterocycles. The molecular weight excluding hydrogens is 470 g/mol. The van der Waals surface area contributed by atoms with Gasteiger partial charge in [-0.15, -0.1) is 0 Å². The van der Waals surface area contributed by atoms with Gasteiger partial charge in [-0.3, -0.25) is 9.59 Å². The number of carbonyl (C=O) groups is 2. The smallest absolute Gasteiger partial charge is 0.262 e. The van der Waals surface area contributed by atoms with Crippen molar-refractivity contribution >= 4 is 17.4 Å². The second-order valence-electron chi connectivity index (χ2n) is 10.0. The summed E-state index contributed by atoms with van der Waals surface area (Å²) in [5.74, 6) is 0.174. The Hall–Kier alpha value is -4.25. The van der Waals surface area contributed by atoms with E-state index in [1.54, 1.807) is 18.2 Å². The van der Waals surface area contributed by atoms with Crippen LogP contribution in [0.25, 0.3) is 0 Å². The molecule has 0 fully saturated rings. The second kappa shape index (κ2) is 10.4. The maximum atomic E-state index is 13.2. The number of nitrogens with zero attached hydrogens (tertiary/aromatic N) is 1. The number of nitriles is 1. The first-order valence-electron chi connectivity index (χ1n) is 12.2. The van der Waals surface area contributed by atoms with Crippen molar-refractivity contribution < 1.29 is 23.8 Å². The molecule has 1 atom stereocenters. The predicted octanol–water partition coefficient (Wildman–Crippen LogP) is 4.73. The lowest BCUT2D eigenvalue weighted by Gasteiger charge is -2.37. The quantitative estimate of drug-likeness (QED) is 0.562. The summed E-state index contributed by atoms with van der Waals surface area (Å²) in [6.07, 6.45) is 1.81. The number of anilines is 1. The molecule has 2 aromatic rings. The van der Waals surface area contributed by atoms with Gasteiger partial charge in [0.1, 0.15) is 17.4 Å². The lowest BCUT2D eigenvalue weighted by Crippen LogP contribution is -2.33. The first-order valence-corrected chi connectivity index (χ1v) is 12.2. The van der Waals surface area contributed by atoms with Crippen LogP contribution in [0.3, 0.4) is 0 Å². The Bertz CT molecular complexity index is 1330. The Morgan fingerprint density at radius 1 is 1.19 bits per heavy atom. The molecule has 2 aromatic carbocycles. The minimum Gasteiger partial charge on any atom is -0.493 e. The maximum Gasteiger partial charge on any atom is 0.262 e. The Balaban J connectivity index is 1.56. The number of Topliss-reactive ketones (excluding diaryl/α,β-unsaturated/α-hetero) is 1. The minimum absolute atomic E-state index is 0.000293. The fraction of sp³-hybridized carbons (Fsp3) is 0.345. The van der Waals surface area contributed by atoms with E-state index < -0.39 is 5.92 Å². The molecule has 0 aromatic heterocycles. The van der Waals surface area contributed by atoms with Gasteiger partial charge in [-0.2, -0.15) is 5.26 Å². The Morgan fingerprint density at radius 3 is 2.57 bits per heavy atom. The van der Waals surface area contributed by atoms with Crippen LogP contribution >= 0.6 is 0 Å². The summed E-state index contributed by atoms with van der Waals surface area (Å²) in [4.78, 5) is 25.6. The summed E-state index contributed by atoms with van der Waals surface area (Å²) < 4.78 is 17.0. The number of hydrogen-bond donors (Lipinski definition) is 2. The fourth-order valence-corrected chi connectivity index (χ4v) is 4.77. The average Bonchev–Trinajstić information content (AvgIpc) is 2.86. The summed E-state index contributed by atoms with van der Waals surface area (Å²) in [7, 11) is 1.49. The van der Waals surface area contributed by atoms with Crippen molar-refractivity contribution in [3.63, 3.8) is 0 Å². The third-order valence-corrected chi connectivity index (χ3v) is 6.60. The molecule has 3 N–H and O–H groups in total. The van der Waals surface area contributed by atoms with E-state index in [9.17, 15) is 14.9 Å². The second-order valence-corrected chi connectivity index (χ2v) is 10.0. The van der Waals surface area contributed by atoms with Crippen LogP contribution in [0.1, 0.15) is 50.7 Å². The van der Waals surface area contributed by atoms with Crippen molar-refractivity contribution in [3.05, 3.63) is 76.4 Å². The van der Waals surface area contributed by atoms with Gasteiger partial charge in [-0.05, 0) is 47.2 Å². The number of nitrogens with one attached hydrogen (secondary N) is 1. The molecule has 1 unspecified atom stereocenters. The van der Waals surface area contributed by atoms with Gasteiger partial charge >= 0.3 is 0 Å². The highest BCUT2D eigenvalue weighted by molar-refractivity contribution is 6.00. The van der Waals surface area contributed by atoms with Crippen LogP contribution < -0.4 is 20.5 Å². The van der Waals surface area contributed by atoms with Gasteiger partial charge in [0.25, 0.3) is 5.91 Å². The molecule has 0 spiro atoms. The summed E-state index contributed by atoms with van der Waals surface area (Å²) in [6, 6.07) is 14.9. The lowest BCUT2D eigenvalue weighted by molar-refractivity contribution is -0.119. The van der Waals surface area contributed by atoms with E-state index in [0.717, 1.165) is 6.42 Å². The van der Waals surface area contributed by atoms with E-state index in [0.29, 0.717) is 46.9 Å². The van der Waals surface area contributed by atoms with Crippen molar-refractivity contribution in [1.29, 1.82) is 5.26 Å². The van der Waals surface area contributed by atoms with Crippen molar-refractivity contribution in [2.24, 2.45) is 11.1 Å². The highest BCUT2D eigenvalue weighted by Crippen LogP contribution is 2.48. The number of amides is 1. The van der Waals surface area contributed by atoms with Gasteiger partial charge in [0.05, 0.1) is 13.0 Å². The summed E-state index contributed by atoms with van der Waals surface area (Å²) in [5, 5.41) is 12.7. The third kappa shape index (κ3) is 5.46. The van der Waals surface area contributed by atoms with Crippen molar-refractivity contribution in [1.82, 2.24) is 0 Å². The Morgan fingerprint density at radius 2 is 1.92 bits per heavy atom. The van der Waals surface area contributed by atoms with Crippen molar-refractivity contribution in [2.75, 3.05) is 19.0 Å². The standard InChI is InChI=1S/C29H31N3O5/c1-5-17-6-9-19(10-7-17)32-25(34)16-36-22-11-8-18(12-23(22)35-4)26-20(15-30)28(31)37-24-14-29(2,3)13-21(33)27(24)26/h6-12,26H,5,13-14,16,31H2,1-4H3,(H,32,34). The number of allylic oxidation sites excluding steroid dienone is 3. The van der Waals surface area contributed by atoms with E-state index in [2.05, 4.69) is 18.3 Å². The molecule has 2 aliphatic rings. The largest absolute Gasteiger partial charge is 0.493 e. The van der Waals surface area contributed by atoms with Crippen LogP contribution in [-0.2, 0) is 20.7 Å². The zero-order chi connectivity index (χ0) is 26.7. The first-order chi connectivity index (χ1) is 17.7. The molecule has 4 rings (SSSR count). The molecule has 8 heteroatoms. The topological polar surface area (TPSA) is 124 Å². The molecule has 0 saturated heterocycles. The van der Waals surface area contributed by atoms with E-state index >= 15 is 0 Å². The number of ketones is 1. The number of ether oxygens (including phenoxy) is 3. The summed E-state index contributed by atoms with van der Waals surface area (Å²) >= 11 is 0. The highest BCUT2D eigenvalue weighted by Gasteiger charge is 2.43. The molecule has 192 valence electrons. The van der Waals surface area contributed by atoms with E-state index in [4.69, 9.17) is 19.9 Å². The minimum atomic E-state index is -0.672. The van der Waals surface area contributed by atoms with Gasteiger partial charge in [0.15, 0.2) is 23.9 Å². The van der Waals surface area contributed by atoms with E-state index in [1.807, 2.05) is 38.1 Å². The van der Waals surface area contributed by atoms with Crippen molar-refractivity contribution in [2.45, 2.75) is 46.0 Å². The molecule has 1 aliphatic carbocycles. The molecule has 0 radical (unpaired) electrons. The highest BCUT2D eigenvalue weighted by atomic mass is 16.5. The SMILES string of the molecule is CCc1ccc(NC(=O)COc2ccc(C3C(C#N)=C(N)OC4=C3C(=O)CC(C)(C)C4)cc2OC)cc1. The maximum absolute atomic E-state index is 13.2. The Labute approximate surface area is 216 Å². The van der Waals surface area contributed by atoms with Gasteiger partial charge in [-0.25, -0.2) is 0 Å². The molecule has 0 saturated carbocycles. The Kier molecular flexibility index (Phi) is 7.25. The molecular formula is C29H31N3O5. The molecule has 8 nitrogen and oxygen atoms in total. The van der Waals surface area contributed by atoms with Gasteiger partial charge < -0.3 is 25.3 Å². The molecule has 1 heterocycles. The molecule has 0 bridgehead atoms. The zero-order valence-electron chi connectivity index (χ0n) is 21.5. The number of rotatable bonds is 7. The number of nitrogens with two attached hydrogens (primary N) is 1. The third-order valence-electron chi connectivity index (χ3n) is 6.60. The van der Waals surface area contributed by atoms with Gasteiger partial charge in [-0.1, -0.05) is 39.0 Å². The number of carbonyl (C=O) groups excluding carboxylic acids is 2. The number of hydrogen-bond acceptors (Lipinski definition) is 7. The lowest BCUT2D eigenvalue weighted by atomic mass is 9.70. The van der Waals surface area contributed by atoms with Crippen LogP contribution in [0.4, 0.5) is 5.69 Å². The van der Waals surface area contributed by atoms with Crippen LogP contribution in [0.2, 0.25) is 0 Å². The van der Waals surface area contributed by atoms with E-state index in [1.165, 1.54) is 12.7 Å².